The number of hydrogen-bond donors (Lipinski definition) is 0. The fourth-order valence-corrected chi connectivity index (χ4v) is 5.52. The Kier molecular flexibility index (Phi) is 6.66. The van der Waals surface area contributed by atoms with Crippen LogP contribution in [0.4, 0.5) is 11.4 Å². The molecule has 0 radical (unpaired) electrons. The number of nitrogens with zero attached hydrogens (tertiary/aromatic N) is 4. The van der Waals surface area contributed by atoms with Crippen LogP contribution in [0.2, 0.25) is 0 Å². The Morgan fingerprint density at radius 1 is 1.03 bits per heavy atom. The van der Waals surface area contributed by atoms with Crippen molar-refractivity contribution in [1.82, 2.24) is 10.2 Å². The number of benzene rings is 3. The molecule has 0 atom stereocenters. The molecule has 1 aromatic heterocycles. The van der Waals surface area contributed by atoms with Gasteiger partial charge in [-0.2, -0.15) is 0 Å². The van der Waals surface area contributed by atoms with E-state index in [4.69, 9.17) is 4.42 Å². The van der Waals surface area contributed by atoms with E-state index in [1.165, 1.54) is 16.4 Å². The summed E-state index contributed by atoms with van der Waals surface area (Å²) in [5, 5.41) is 19.8. The molecular formula is C23H20N4O5S2. The molecule has 0 saturated carbocycles. The van der Waals surface area contributed by atoms with E-state index in [0.717, 1.165) is 29.0 Å². The van der Waals surface area contributed by atoms with E-state index < -0.39 is 14.9 Å². The van der Waals surface area contributed by atoms with E-state index in [1.54, 1.807) is 37.3 Å². The van der Waals surface area contributed by atoms with Crippen LogP contribution in [0.3, 0.4) is 0 Å². The third kappa shape index (κ3) is 4.80. The summed E-state index contributed by atoms with van der Waals surface area (Å²) in [6.07, 6.45) is 0. The zero-order valence-electron chi connectivity index (χ0n) is 18.3. The molecule has 4 rings (SSSR count). The Balaban J connectivity index is 1.65. The van der Waals surface area contributed by atoms with Gasteiger partial charge in [0.15, 0.2) is 0 Å². The molecule has 1 heterocycles. The van der Waals surface area contributed by atoms with Crippen LogP contribution in [0.5, 0.6) is 0 Å². The van der Waals surface area contributed by atoms with Gasteiger partial charge < -0.3 is 4.42 Å². The van der Waals surface area contributed by atoms with Crippen LogP contribution < -0.4 is 4.31 Å². The first-order chi connectivity index (χ1) is 16.3. The van der Waals surface area contributed by atoms with Crippen LogP contribution in [0.15, 0.2) is 92.2 Å². The summed E-state index contributed by atoms with van der Waals surface area (Å²) in [6.45, 7) is 3.83. The zero-order valence-corrected chi connectivity index (χ0v) is 19.9. The van der Waals surface area contributed by atoms with Crippen molar-refractivity contribution in [2.75, 3.05) is 10.8 Å². The molecule has 0 fully saturated rings. The highest BCUT2D eigenvalue weighted by Crippen LogP contribution is 2.37. The summed E-state index contributed by atoms with van der Waals surface area (Å²) in [5.74, 6) is 0.283. The van der Waals surface area contributed by atoms with Crippen molar-refractivity contribution in [2.24, 2.45) is 0 Å². The predicted octanol–water partition coefficient (Wildman–Crippen LogP) is 5.32. The summed E-state index contributed by atoms with van der Waals surface area (Å²) < 4.78 is 33.3. The molecule has 0 amide bonds. The van der Waals surface area contributed by atoms with Gasteiger partial charge in [-0.3, -0.25) is 14.4 Å². The standard InChI is InChI=1S/C23H20N4O5S2/c1-3-26(18-7-5-4-6-8-18)34(30,31)19-13-14-21(20(15-19)27(28)29)33-23-25-24-22(32-23)17-11-9-16(2)10-12-17/h4-15H,3H2,1-2H3. The van der Waals surface area contributed by atoms with Gasteiger partial charge >= 0.3 is 0 Å². The molecule has 0 bridgehead atoms. The zero-order chi connectivity index (χ0) is 24.3. The Bertz CT molecular complexity index is 1420. The van der Waals surface area contributed by atoms with Crippen molar-refractivity contribution in [1.29, 1.82) is 0 Å². The van der Waals surface area contributed by atoms with Gasteiger partial charge in [0.2, 0.25) is 5.89 Å². The highest BCUT2D eigenvalue weighted by Gasteiger charge is 2.28. The van der Waals surface area contributed by atoms with Gasteiger partial charge in [0.05, 0.1) is 20.4 Å². The van der Waals surface area contributed by atoms with Crippen molar-refractivity contribution in [3.63, 3.8) is 0 Å². The molecule has 4 aromatic rings. The summed E-state index contributed by atoms with van der Waals surface area (Å²) in [7, 11) is -4.02. The van der Waals surface area contributed by atoms with Crippen LogP contribution in [-0.2, 0) is 10.0 Å². The topological polar surface area (TPSA) is 119 Å². The highest BCUT2D eigenvalue weighted by molar-refractivity contribution is 7.99. The monoisotopic (exact) mass is 496 g/mol. The van der Waals surface area contributed by atoms with E-state index in [9.17, 15) is 18.5 Å². The minimum absolute atomic E-state index is 0.105. The fraction of sp³-hybridized carbons (Fsp3) is 0.130. The molecule has 3 aromatic carbocycles. The lowest BCUT2D eigenvalue weighted by Crippen LogP contribution is -2.30. The number of aromatic nitrogens is 2. The van der Waals surface area contributed by atoms with Gasteiger partial charge in [-0.05, 0) is 62.0 Å². The summed E-state index contributed by atoms with van der Waals surface area (Å²) >= 11 is 0.901. The van der Waals surface area contributed by atoms with Crippen LogP contribution >= 0.6 is 11.8 Å². The van der Waals surface area contributed by atoms with Crippen molar-refractivity contribution in [2.45, 2.75) is 28.9 Å². The number of rotatable bonds is 8. The maximum atomic E-state index is 13.2. The summed E-state index contributed by atoms with van der Waals surface area (Å²) in [5.41, 5.74) is 1.91. The van der Waals surface area contributed by atoms with Gasteiger partial charge in [-0.1, -0.05) is 35.9 Å². The molecule has 9 nitrogen and oxygen atoms in total. The average molecular weight is 497 g/mol. The largest absolute Gasteiger partial charge is 0.411 e. The lowest BCUT2D eigenvalue weighted by Gasteiger charge is -2.22. The lowest BCUT2D eigenvalue weighted by atomic mass is 10.1. The Labute approximate surface area is 200 Å². The Morgan fingerprint density at radius 2 is 1.74 bits per heavy atom. The maximum Gasteiger partial charge on any atom is 0.284 e. The molecule has 0 aliphatic carbocycles. The van der Waals surface area contributed by atoms with Crippen LogP contribution in [0, 0.1) is 17.0 Å². The average Bonchev–Trinajstić information content (AvgIpc) is 3.29. The SMILES string of the molecule is CCN(c1ccccc1)S(=O)(=O)c1ccc(Sc2nnc(-c3ccc(C)cc3)o2)c([N+](=O)[O-])c1. The third-order valence-electron chi connectivity index (χ3n) is 4.95. The third-order valence-corrected chi connectivity index (χ3v) is 7.75. The van der Waals surface area contributed by atoms with Crippen LogP contribution in [-0.4, -0.2) is 30.1 Å². The van der Waals surface area contributed by atoms with Crippen molar-refractivity contribution in [3.05, 3.63) is 88.5 Å². The Hall–Kier alpha value is -3.70. The second-order valence-corrected chi connectivity index (χ2v) is 10.1. The summed E-state index contributed by atoms with van der Waals surface area (Å²) in [6, 6.07) is 19.8. The van der Waals surface area contributed by atoms with Gasteiger partial charge in [0, 0.05) is 18.2 Å². The van der Waals surface area contributed by atoms with Crippen LogP contribution in [0.1, 0.15) is 12.5 Å². The van der Waals surface area contributed by atoms with Crippen molar-refractivity contribution >= 4 is 33.2 Å². The van der Waals surface area contributed by atoms with Crippen molar-refractivity contribution in [3.8, 4) is 11.5 Å². The summed E-state index contributed by atoms with van der Waals surface area (Å²) in [4.78, 5) is 11.2. The molecular weight excluding hydrogens is 476 g/mol. The highest BCUT2D eigenvalue weighted by atomic mass is 32.2. The quantitative estimate of drug-likeness (QED) is 0.237. The molecule has 0 unspecified atom stereocenters. The molecule has 0 aliphatic heterocycles. The lowest BCUT2D eigenvalue weighted by molar-refractivity contribution is -0.388. The van der Waals surface area contributed by atoms with E-state index in [2.05, 4.69) is 10.2 Å². The first-order valence-corrected chi connectivity index (χ1v) is 12.5. The minimum atomic E-state index is -4.02. The number of hydrogen-bond acceptors (Lipinski definition) is 8. The van der Waals surface area contributed by atoms with E-state index in [0.29, 0.717) is 5.69 Å². The second-order valence-electron chi connectivity index (χ2n) is 7.23. The van der Waals surface area contributed by atoms with Crippen molar-refractivity contribution < 1.29 is 17.8 Å². The maximum absolute atomic E-state index is 13.2. The van der Waals surface area contributed by atoms with Gasteiger partial charge in [-0.15, -0.1) is 10.2 Å². The first-order valence-electron chi connectivity index (χ1n) is 10.2. The molecule has 11 heteroatoms. The number of para-hydroxylation sites is 1. The van der Waals surface area contributed by atoms with Crippen LogP contribution in [0.25, 0.3) is 11.5 Å². The molecule has 0 N–H and O–H groups in total. The van der Waals surface area contributed by atoms with Gasteiger partial charge in [0.25, 0.3) is 20.9 Å². The van der Waals surface area contributed by atoms with E-state index >= 15 is 0 Å². The van der Waals surface area contributed by atoms with E-state index in [1.807, 2.05) is 31.2 Å². The predicted molar refractivity (Wildman–Crippen MR) is 128 cm³/mol. The number of nitro benzene ring substituents is 1. The number of sulfonamides is 1. The number of aryl methyl sites for hydroxylation is 1. The molecule has 0 spiro atoms. The number of nitro groups is 1. The Morgan fingerprint density at radius 3 is 2.38 bits per heavy atom. The molecule has 0 saturated heterocycles. The van der Waals surface area contributed by atoms with E-state index in [-0.39, 0.29) is 33.1 Å². The first kappa shape index (κ1) is 23.5. The smallest absolute Gasteiger partial charge is 0.284 e. The fourth-order valence-electron chi connectivity index (χ4n) is 3.26. The molecule has 174 valence electrons. The van der Waals surface area contributed by atoms with Gasteiger partial charge in [0.1, 0.15) is 0 Å². The number of anilines is 1. The normalized spacial score (nSPS) is 11.4. The van der Waals surface area contributed by atoms with Gasteiger partial charge in [-0.25, -0.2) is 8.42 Å². The second kappa shape index (κ2) is 9.65. The molecule has 34 heavy (non-hydrogen) atoms. The molecule has 0 aliphatic rings. The minimum Gasteiger partial charge on any atom is -0.411 e.